The highest BCUT2D eigenvalue weighted by Gasteiger charge is 2.25. The Bertz CT molecular complexity index is 609. The highest BCUT2D eigenvalue weighted by Crippen LogP contribution is 2.25. The molecule has 0 N–H and O–H groups in total. The van der Waals surface area contributed by atoms with Crippen molar-refractivity contribution in [2.45, 2.75) is 32.4 Å². The van der Waals surface area contributed by atoms with Crippen LogP contribution in [-0.4, -0.2) is 23.5 Å². The summed E-state index contributed by atoms with van der Waals surface area (Å²) in [6, 6.07) is 10.2. The SMILES string of the molecule is CC1COc2ccccc2CN1C(=O)CCc1ccsc1. The van der Waals surface area contributed by atoms with Gasteiger partial charge in [-0.25, -0.2) is 0 Å². The number of thiophene rings is 1. The van der Waals surface area contributed by atoms with Crippen molar-refractivity contribution < 1.29 is 9.53 Å². The number of benzene rings is 1. The largest absolute Gasteiger partial charge is 0.491 e. The summed E-state index contributed by atoms with van der Waals surface area (Å²) in [5.74, 6) is 1.10. The molecule has 1 atom stereocenters. The summed E-state index contributed by atoms with van der Waals surface area (Å²) in [4.78, 5) is 14.5. The first-order valence-corrected chi connectivity index (χ1v) is 8.19. The van der Waals surface area contributed by atoms with Crippen molar-refractivity contribution in [2.24, 2.45) is 0 Å². The summed E-state index contributed by atoms with van der Waals surface area (Å²) in [5, 5.41) is 4.16. The third-order valence-corrected chi connectivity index (χ3v) is 4.59. The lowest BCUT2D eigenvalue weighted by atomic mass is 10.1. The van der Waals surface area contributed by atoms with E-state index in [1.807, 2.05) is 36.1 Å². The van der Waals surface area contributed by atoms with E-state index in [-0.39, 0.29) is 11.9 Å². The molecule has 0 bridgehead atoms. The third-order valence-electron chi connectivity index (χ3n) is 3.85. The number of amides is 1. The minimum Gasteiger partial charge on any atom is -0.491 e. The standard InChI is InChI=1S/C17H19NO2S/c1-13-11-20-16-5-3-2-4-15(16)10-18(13)17(19)7-6-14-8-9-21-12-14/h2-5,8-9,12-13H,6-7,10-11H2,1H3. The maximum atomic E-state index is 12.5. The molecule has 4 heteroatoms. The summed E-state index contributed by atoms with van der Waals surface area (Å²) in [5.41, 5.74) is 2.33. The van der Waals surface area contributed by atoms with Crippen LogP contribution in [-0.2, 0) is 17.8 Å². The Morgan fingerprint density at radius 2 is 2.24 bits per heavy atom. The maximum absolute atomic E-state index is 12.5. The van der Waals surface area contributed by atoms with Gasteiger partial charge in [0.15, 0.2) is 0 Å². The van der Waals surface area contributed by atoms with Crippen LogP contribution in [0.3, 0.4) is 0 Å². The zero-order valence-electron chi connectivity index (χ0n) is 12.1. The Balaban J connectivity index is 1.69. The molecule has 0 saturated heterocycles. The molecule has 1 aliphatic heterocycles. The molecule has 2 aromatic rings. The Morgan fingerprint density at radius 1 is 1.38 bits per heavy atom. The summed E-state index contributed by atoms with van der Waals surface area (Å²) in [6.45, 7) is 3.25. The molecule has 0 saturated carbocycles. The van der Waals surface area contributed by atoms with Gasteiger partial charge >= 0.3 is 0 Å². The van der Waals surface area contributed by atoms with Gasteiger partial charge in [0.1, 0.15) is 12.4 Å². The summed E-state index contributed by atoms with van der Waals surface area (Å²) in [7, 11) is 0. The minimum absolute atomic E-state index is 0.104. The van der Waals surface area contributed by atoms with E-state index in [4.69, 9.17) is 4.74 Å². The predicted octanol–water partition coefficient (Wildman–Crippen LogP) is 3.49. The van der Waals surface area contributed by atoms with Gasteiger partial charge in [0.25, 0.3) is 0 Å². The van der Waals surface area contributed by atoms with Crippen molar-refractivity contribution >= 4 is 17.2 Å². The molecular weight excluding hydrogens is 282 g/mol. The molecule has 1 unspecified atom stereocenters. The molecule has 1 amide bonds. The smallest absolute Gasteiger partial charge is 0.223 e. The van der Waals surface area contributed by atoms with E-state index >= 15 is 0 Å². The lowest BCUT2D eigenvalue weighted by Gasteiger charge is -2.26. The van der Waals surface area contributed by atoms with Gasteiger partial charge in [0, 0.05) is 18.5 Å². The summed E-state index contributed by atoms with van der Waals surface area (Å²) < 4.78 is 5.80. The van der Waals surface area contributed by atoms with E-state index in [0.717, 1.165) is 17.7 Å². The zero-order valence-corrected chi connectivity index (χ0v) is 12.9. The number of hydrogen-bond acceptors (Lipinski definition) is 3. The number of ether oxygens (including phenoxy) is 1. The molecule has 1 aromatic heterocycles. The predicted molar refractivity (Wildman–Crippen MR) is 84.6 cm³/mol. The number of fused-ring (bicyclic) bond motifs is 1. The topological polar surface area (TPSA) is 29.5 Å². The first-order chi connectivity index (χ1) is 10.2. The molecule has 3 rings (SSSR count). The molecule has 0 aliphatic carbocycles. The van der Waals surface area contributed by atoms with Crippen LogP contribution < -0.4 is 4.74 Å². The van der Waals surface area contributed by atoms with Gasteiger partial charge < -0.3 is 9.64 Å². The van der Waals surface area contributed by atoms with Gasteiger partial charge in [0.05, 0.1) is 6.04 Å². The second-order valence-electron chi connectivity index (χ2n) is 5.42. The summed E-state index contributed by atoms with van der Waals surface area (Å²) in [6.07, 6.45) is 1.37. The van der Waals surface area contributed by atoms with Crippen LogP contribution in [0.1, 0.15) is 24.5 Å². The lowest BCUT2D eigenvalue weighted by Crippen LogP contribution is -2.39. The van der Waals surface area contributed by atoms with Crippen molar-refractivity contribution in [3.05, 3.63) is 52.2 Å². The molecule has 0 fully saturated rings. The van der Waals surface area contributed by atoms with E-state index in [0.29, 0.717) is 19.6 Å². The molecule has 3 nitrogen and oxygen atoms in total. The second-order valence-corrected chi connectivity index (χ2v) is 6.20. The van der Waals surface area contributed by atoms with E-state index in [1.165, 1.54) is 5.56 Å². The van der Waals surface area contributed by atoms with Crippen LogP contribution >= 0.6 is 11.3 Å². The van der Waals surface area contributed by atoms with E-state index < -0.39 is 0 Å². The minimum atomic E-state index is 0.104. The van der Waals surface area contributed by atoms with E-state index in [9.17, 15) is 4.79 Å². The van der Waals surface area contributed by atoms with Crippen molar-refractivity contribution in [3.8, 4) is 5.75 Å². The molecule has 1 aliphatic rings. The van der Waals surface area contributed by atoms with Crippen LogP contribution in [0, 0.1) is 0 Å². The Morgan fingerprint density at radius 3 is 3.05 bits per heavy atom. The van der Waals surface area contributed by atoms with E-state index in [1.54, 1.807) is 11.3 Å². The first-order valence-electron chi connectivity index (χ1n) is 7.25. The average Bonchev–Trinajstić information content (AvgIpc) is 2.96. The fourth-order valence-electron chi connectivity index (χ4n) is 2.58. The number of carbonyl (C=O) groups excluding carboxylic acids is 1. The molecule has 0 spiro atoms. The average molecular weight is 301 g/mol. The first kappa shape index (κ1) is 14.1. The van der Waals surface area contributed by atoms with E-state index in [2.05, 4.69) is 16.8 Å². The number of carbonyl (C=O) groups is 1. The number of hydrogen-bond donors (Lipinski definition) is 0. The quantitative estimate of drug-likeness (QED) is 0.868. The Labute approximate surface area is 129 Å². The van der Waals surface area contributed by atoms with Crippen LogP contribution in [0.4, 0.5) is 0 Å². The normalized spacial score (nSPS) is 17.8. The van der Waals surface area contributed by atoms with Gasteiger partial charge in [-0.2, -0.15) is 11.3 Å². The fourth-order valence-corrected chi connectivity index (χ4v) is 3.28. The van der Waals surface area contributed by atoms with Crippen LogP contribution in [0.2, 0.25) is 0 Å². The lowest BCUT2D eigenvalue weighted by molar-refractivity contribution is -0.134. The molecule has 2 heterocycles. The van der Waals surface area contributed by atoms with Gasteiger partial charge in [-0.1, -0.05) is 18.2 Å². The molecule has 110 valence electrons. The number of nitrogens with zero attached hydrogens (tertiary/aromatic N) is 1. The fraction of sp³-hybridized carbons (Fsp3) is 0.353. The molecule has 1 aromatic carbocycles. The van der Waals surface area contributed by atoms with Crippen molar-refractivity contribution in [1.29, 1.82) is 0 Å². The maximum Gasteiger partial charge on any atom is 0.223 e. The van der Waals surface area contributed by atoms with Gasteiger partial charge in [0.2, 0.25) is 5.91 Å². The van der Waals surface area contributed by atoms with Crippen molar-refractivity contribution in [3.63, 3.8) is 0 Å². The van der Waals surface area contributed by atoms with Crippen LogP contribution in [0.5, 0.6) is 5.75 Å². The van der Waals surface area contributed by atoms with Crippen LogP contribution in [0.15, 0.2) is 41.1 Å². The second kappa shape index (κ2) is 6.31. The monoisotopic (exact) mass is 301 g/mol. The van der Waals surface area contributed by atoms with Crippen LogP contribution in [0.25, 0.3) is 0 Å². The number of para-hydroxylation sites is 1. The van der Waals surface area contributed by atoms with Gasteiger partial charge in [-0.3, -0.25) is 4.79 Å². The van der Waals surface area contributed by atoms with Gasteiger partial charge in [-0.05, 0) is 41.8 Å². The molecule has 21 heavy (non-hydrogen) atoms. The number of aryl methyl sites for hydroxylation is 1. The van der Waals surface area contributed by atoms with Crippen molar-refractivity contribution in [2.75, 3.05) is 6.61 Å². The highest BCUT2D eigenvalue weighted by atomic mass is 32.1. The Kier molecular flexibility index (Phi) is 4.25. The number of rotatable bonds is 3. The summed E-state index contributed by atoms with van der Waals surface area (Å²) >= 11 is 1.68. The molecule has 0 radical (unpaired) electrons. The van der Waals surface area contributed by atoms with Gasteiger partial charge in [-0.15, -0.1) is 0 Å². The van der Waals surface area contributed by atoms with Crippen molar-refractivity contribution in [1.82, 2.24) is 4.90 Å². The zero-order chi connectivity index (χ0) is 14.7. The third kappa shape index (κ3) is 3.27. The molecular formula is C17H19NO2S. The Hall–Kier alpha value is -1.81. The highest BCUT2D eigenvalue weighted by molar-refractivity contribution is 7.07.